The summed E-state index contributed by atoms with van der Waals surface area (Å²) in [5, 5.41) is 0.280. The first-order valence-electron chi connectivity index (χ1n) is 11.4. The van der Waals surface area contributed by atoms with Crippen LogP contribution in [0.25, 0.3) is 0 Å². The lowest BCUT2D eigenvalue weighted by atomic mass is 10.0. The van der Waals surface area contributed by atoms with Crippen molar-refractivity contribution < 1.29 is 26.7 Å². The number of benzene rings is 3. The molecule has 3 rings (SSSR count). The van der Waals surface area contributed by atoms with Crippen LogP contribution < -0.4 is 19.5 Å². The molecule has 7 nitrogen and oxygen atoms in total. The third kappa shape index (κ3) is 6.38. The lowest BCUT2D eigenvalue weighted by Crippen LogP contribution is -2.37. The van der Waals surface area contributed by atoms with Crippen LogP contribution in [0.1, 0.15) is 11.1 Å². The normalized spacial score (nSPS) is 11.4. The van der Waals surface area contributed by atoms with E-state index in [1.54, 1.807) is 4.90 Å². The third-order valence-electron chi connectivity index (χ3n) is 5.76. The Hall–Kier alpha value is -3.76. The monoisotopic (exact) mass is 563 g/mol. The Kier molecular flexibility index (Phi) is 9.60. The summed E-state index contributed by atoms with van der Waals surface area (Å²) in [6.45, 7) is 3.82. The molecule has 0 saturated carbocycles. The summed E-state index contributed by atoms with van der Waals surface area (Å²) in [4.78, 5) is 1.52. The van der Waals surface area contributed by atoms with Gasteiger partial charge in [-0.3, -0.25) is 4.31 Å². The zero-order chi connectivity index (χ0) is 27.9. The summed E-state index contributed by atoms with van der Waals surface area (Å²) in [6.07, 6.45) is 4.08. The molecule has 202 valence electrons. The molecule has 2 N–H and O–H groups in total. The maximum Gasteiger partial charge on any atom is 0.264 e. The van der Waals surface area contributed by atoms with Crippen molar-refractivity contribution in [3.63, 3.8) is 0 Å². The highest BCUT2D eigenvalue weighted by Gasteiger charge is 2.29. The summed E-state index contributed by atoms with van der Waals surface area (Å²) in [5.41, 5.74) is 5.80. The van der Waals surface area contributed by atoms with Gasteiger partial charge in [-0.25, -0.2) is 17.2 Å². The number of anilines is 1. The number of rotatable bonds is 12. The first kappa shape index (κ1) is 28.8. The topological polar surface area (TPSA) is 85.1 Å². The van der Waals surface area contributed by atoms with Gasteiger partial charge < -0.3 is 20.1 Å². The minimum absolute atomic E-state index is 0.0680. The van der Waals surface area contributed by atoms with E-state index < -0.39 is 21.7 Å². The van der Waals surface area contributed by atoms with Gasteiger partial charge in [-0.05, 0) is 54.2 Å². The standard InChI is InChI=1S/C27H28ClF2N3O4S/c1-4-32(13-12-31)14-15-33(38(34,35)21-9-11-26(36-2)27(18-21)37-3)25-10-8-20(28)16-19(25)17-22-23(29)6-5-7-24(22)30/h4-13,16,18H,1,14-15,17,31H2,2-3H3/b13-12-. The van der Waals surface area contributed by atoms with E-state index in [1.165, 1.54) is 75.3 Å². The minimum atomic E-state index is -4.23. The smallest absolute Gasteiger partial charge is 0.264 e. The van der Waals surface area contributed by atoms with Crippen LogP contribution in [0.15, 0.2) is 84.7 Å². The number of methoxy groups -OCH3 is 2. The quantitative estimate of drug-likeness (QED) is 0.322. The van der Waals surface area contributed by atoms with Crippen LogP contribution in [-0.2, 0) is 16.4 Å². The van der Waals surface area contributed by atoms with Gasteiger partial charge in [-0.15, -0.1) is 0 Å². The van der Waals surface area contributed by atoms with E-state index in [0.717, 1.165) is 16.4 Å². The summed E-state index contributed by atoms with van der Waals surface area (Å²) >= 11 is 6.23. The fourth-order valence-electron chi connectivity index (χ4n) is 3.85. The Bertz CT molecular complexity index is 1410. The van der Waals surface area contributed by atoms with Crippen LogP contribution in [0.3, 0.4) is 0 Å². The number of hydrogen-bond donors (Lipinski definition) is 1. The third-order valence-corrected chi connectivity index (χ3v) is 7.80. The van der Waals surface area contributed by atoms with Gasteiger partial charge in [0.15, 0.2) is 11.5 Å². The van der Waals surface area contributed by atoms with Crippen molar-refractivity contribution in [2.45, 2.75) is 11.3 Å². The largest absolute Gasteiger partial charge is 0.493 e. The molecule has 0 fully saturated rings. The van der Waals surface area contributed by atoms with E-state index in [1.807, 2.05) is 0 Å². The molecule has 0 spiro atoms. The highest BCUT2D eigenvalue weighted by molar-refractivity contribution is 7.92. The predicted molar refractivity (Wildman–Crippen MR) is 145 cm³/mol. The fraction of sp³-hybridized carbons (Fsp3) is 0.185. The van der Waals surface area contributed by atoms with Gasteiger partial charge >= 0.3 is 0 Å². The Labute approximate surface area is 226 Å². The van der Waals surface area contributed by atoms with E-state index in [-0.39, 0.29) is 46.4 Å². The number of ether oxygens (including phenoxy) is 2. The average Bonchev–Trinajstić information content (AvgIpc) is 2.90. The van der Waals surface area contributed by atoms with Gasteiger partial charge in [0.2, 0.25) is 0 Å². The molecule has 3 aromatic rings. The number of nitrogens with zero attached hydrogens (tertiary/aromatic N) is 2. The van der Waals surface area contributed by atoms with Crippen molar-refractivity contribution >= 4 is 27.3 Å². The van der Waals surface area contributed by atoms with E-state index in [0.29, 0.717) is 11.3 Å². The van der Waals surface area contributed by atoms with Gasteiger partial charge in [0.1, 0.15) is 11.6 Å². The zero-order valence-corrected chi connectivity index (χ0v) is 22.5. The van der Waals surface area contributed by atoms with Crippen LogP contribution in [0.4, 0.5) is 14.5 Å². The predicted octanol–water partition coefficient (Wildman–Crippen LogP) is 5.30. The van der Waals surface area contributed by atoms with Gasteiger partial charge in [0, 0.05) is 42.0 Å². The first-order chi connectivity index (χ1) is 18.2. The molecule has 0 radical (unpaired) electrons. The molecule has 0 saturated heterocycles. The van der Waals surface area contributed by atoms with Crippen molar-refractivity contribution in [2.75, 3.05) is 31.6 Å². The highest BCUT2D eigenvalue weighted by Crippen LogP contribution is 2.35. The fourth-order valence-corrected chi connectivity index (χ4v) is 5.55. The second-order valence-corrected chi connectivity index (χ2v) is 10.3. The van der Waals surface area contributed by atoms with Crippen LogP contribution in [0, 0.1) is 11.6 Å². The van der Waals surface area contributed by atoms with Crippen molar-refractivity contribution in [2.24, 2.45) is 5.73 Å². The van der Waals surface area contributed by atoms with Crippen LogP contribution >= 0.6 is 11.6 Å². The molecular weight excluding hydrogens is 536 g/mol. The number of nitrogens with two attached hydrogens (primary N) is 1. The Morgan fingerprint density at radius 2 is 1.68 bits per heavy atom. The molecule has 0 aliphatic carbocycles. The van der Waals surface area contributed by atoms with E-state index >= 15 is 0 Å². The van der Waals surface area contributed by atoms with Gasteiger partial charge in [0.05, 0.1) is 31.3 Å². The van der Waals surface area contributed by atoms with Crippen molar-refractivity contribution in [3.05, 3.63) is 108 Å². The highest BCUT2D eigenvalue weighted by atomic mass is 35.5. The SMILES string of the molecule is C=CN(/C=C\N)CCN(c1ccc(Cl)cc1Cc1c(F)cccc1F)S(=O)(=O)c1ccc(OC)c(OC)c1. The van der Waals surface area contributed by atoms with E-state index in [2.05, 4.69) is 6.58 Å². The molecule has 0 heterocycles. The van der Waals surface area contributed by atoms with Crippen molar-refractivity contribution in [3.8, 4) is 11.5 Å². The molecule has 0 unspecified atom stereocenters. The molecular formula is C27H28ClF2N3O4S. The van der Waals surface area contributed by atoms with Crippen molar-refractivity contribution in [1.29, 1.82) is 0 Å². The molecule has 0 aliphatic rings. The number of hydrogen-bond acceptors (Lipinski definition) is 6. The Morgan fingerprint density at radius 1 is 1.00 bits per heavy atom. The molecule has 11 heteroatoms. The molecule has 0 bridgehead atoms. The number of sulfonamides is 1. The number of halogens is 3. The summed E-state index contributed by atoms with van der Waals surface area (Å²) in [6, 6.07) is 12.3. The van der Waals surface area contributed by atoms with Gasteiger partial charge in [-0.2, -0.15) is 0 Å². The summed E-state index contributed by atoms with van der Waals surface area (Å²) < 4.78 is 68.9. The maximum absolute atomic E-state index is 14.5. The summed E-state index contributed by atoms with van der Waals surface area (Å²) in [7, 11) is -1.39. The molecule has 3 aromatic carbocycles. The van der Waals surface area contributed by atoms with E-state index in [9.17, 15) is 17.2 Å². The minimum Gasteiger partial charge on any atom is -0.493 e. The molecule has 0 aliphatic heterocycles. The average molecular weight is 564 g/mol. The zero-order valence-electron chi connectivity index (χ0n) is 20.9. The molecule has 0 atom stereocenters. The second-order valence-electron chi connectivity index (χ2n) is 8.01. The van der Waals surface area contributed by atoms with Crippen LogP contribution in [0.2, 0.25) is 5.02 Å². The van der Waals surface area contributed by atoms with E-state index in [4.69, 9.17) is 26.8 Å². The van der Waals surface area contributed by atoms with Gasteiger partial charge in [-0.1, -0.05) is 24.2 Å². The van der Waals surface area contributed by atoms with Crippen molar-refractivity contribution in [1.82, 2.24) is 4.90 Å². The molecule has 0 amide bonds. The lowest BCUT2D eigenvalue weighted by molar-refractivity contribution is 0.354. The van der Waals surface area contributed by atoms with Crippen LogP contribution in [-0.4, -0.2) is 40.6 Å². The maximum atomic E-state index is 14.5. The second kappa shape index (κ2) is 12.7. The molecule has 0 aromatic heterocycles. The lowest BCUT2D eigenvalue weighted by Gasteiger charge is -2.29. The first-order valence-corrected chi connectivity index (χ1v) is 13.2. The summed E-state index contributed by atoms with van der Waals surface area (Å²) in [5.74, 6) is -0.935. The molecule has 38 heavy (non-hydrogen) atoms. The van der Waals surface area contributed by atoms with Crippen LogP contribution in [0.5, 0.6) is 11.5 Å². The Morgan fingerprint density at radius 3 is 2.29 bits per heavy atom. The Balaban J connectivity index is 2.18. The van der Waals surface area contributed by atoms with Gasteiger partial charge in [0.25, 0.3) is 10.0 Å².